The SMILES string of the molecule is CC.CC(=O)C1CC(C)CN1C(C)=O. The highest BCUT2D eigenvalue weighted by Gasteiger charge is 2.33. The van der Waals surface area contributed by atoms with Crippen molar-refractivity contribution in [2.24, 2.45) is 5.92 Å². The second kappa shape index (κ2) is 5.78. The summed E-state index contributed by atoms with van der Waals surface area (Å²) in [6.07, 6.45) is 0.828. The standard InChI is InChI=1S/C9H15NO2.C2H6/c1-6-4-9(7(2)11)10(5-6)8(3)12;1-2/h6,9H,4-5H2,1-3H3;1-2H3. The molecule has 0 radical (unpaired) electrons. The van der Waals surface area contributed by atoms with Crippen LogP contribution in [-0.2, 0) is 9.59 Å². The van der Waals surface area contributed by atoms with Gasteiger partial charge in [-0.3, -0.25) is 9.59 Å². The first kappa shape index (κ1) is 13.1. The van der Waals surface area contributed by atoms with E-state index in [1.165, 1.54) is 6.92 Å². The Kier molecular flexibility index (Phi) is 5.43. The van der Waals surface area contributed by atoms with Crippen LogP contribution in [0.3, 0.4) is 0 Å². The summed E-state index contributed by atoms with van der Waals surface area (Å²) < 4.78 is 0. The number of hydrogen-bond donors (Lipinski definition) is 0. The molecule has 1 aliphatic heterocycles. The molecule has 3 heteroatoms. The van der Waals surface area contributed by atoms with Crippen LogP contribution >= 0.6 is 0 Å². The number of hydrogen-bond acceptors (Lipinski definition) is 2. The minimum atomic E-state index is -0.155. The summed E-state index contributed by atoms with van der Waals surface area (Å²) >= 11 is 0. The summed E-state index contributed by atoms with van der Waals surface area (Å²) in [7, 11) is 0. The van der Waals surface area contributed by atoms with Gasteiger partial charge in [-0.15, -0.1) is 0 Å². The number of likely N-dealkylation sites (tertiary alicyclic amines) is 1. The van der Waals surface area contributed by atoms with Crippen molar-refractivity contribution in [2.45, 2.75) is 47.1 Å². The fourth-order valence-corrected chi connectivity index (χ4v) is 1.78. The van der Waals surface area contributed by atoms with Crippen LogP contribution in [0, 0.1) is 5.92 Å². The number of rotatable bonds is 1. The molecule has 0 aromatic carbocycles. The summed E-state index contributed by atoms with van der Waals surface area (Å²) in [6.45, 7) is 9.88. The second-order valence-corrected chi connectivity index (χ2v) is 3.64. The molecule has 0 saturated carbocycles. The van der Waals surface area contributed by atoms with E-state index in [0.717, 1.165) is 13.0 Å². The first-order chi connectivity index (χ1) is 6.52. The third-order valence-electron chi connectivity index (χ3n) is 2.38. The van der Waals surface area contributed by atoms with Crippen molar-refractivity contribution in [1.29, 1.82) is 0 Å². The summed E-state index contributed by atoms with van der Waals surface area (Å²) in [5.41, 5.74) is 0. The maximum atomic E-state index is 11.1. The zero-order valence-corrected chi connectivity index (χ0v) is 9.83. The predicted octanol–water partition coefficient (Wildman–Crippen LogP) is 1.86. The fraction of sp³-hybridized carbons (Fsp3) is 0.818. The molecule has 1 amide bonds. The summed E-state index contributed by atoms with van der Waals surface area (Å²) in [5.74, 6) is 0.580. The molecule has 1 rings (SSSR count). The Labute approximate surface area is 86.5 Å². The normalized spacial score (nSPS) is 25.4. The minimum Gasteiger partial charge on any atom is -0.333 e. The van der Waals surface area contributed by atoms with Gasteiger partial charge in [-0.1, -0.05) is 20.8 Å². The van der Waals surface area contributed by atoms with E-state index in [1.54, 1.807) is 11.8 Å². The van der Waals surface area contributed by atoms with Crippen LogP contribution in [0.5, 0.6) is 0 Å². The van der Waals surface area contributed by atoms with Crippen LogP contribution in [0.1, 0.15) is 41.0 Å². The van der Waals surface area contributed by atoms with Gasteiger partial charge in [0, 0.05) is 13.5 Å². The first-order valence-corrected chi connectivity index (χ1v) is 5.30. The molecule has 82 valence electrons. The number of amides is 1. The van der Waals surface area contributed by atoms with Gasteiger partial charge in [0.25, 0.3) is 0 Å². The molecule has 3 nitrogen and oxygen atoms in total. The molecular formula is C11H21NO2. The quantitative estimate of drug-likeness (QED) is 0.646. The molecule has 0 aliphatic carbocycles. The van der Waals surface area contributed by atoms with E-state index in [9.17, 15) is 9.59 Å². The monoisotopic (exact) mass is 199 g/mol. The first-order valence-electron chi connectivity index (χ1n) is 5.30. The average molecular weight is 199 g/mol. The van der Waals surface area contributed by atoms with E-state index in [-0.39, 0.29) is 17.7 Å². The van der Waals surface area contributed by atoms with Crippen molar-refractivity contribution >= 4 is 11.7 Å². The van der Waals surface area contributed by atoms with Gasteiger partial charge in [-0.2, -0.15) is 0 Å². The van der Waals surface area contributed by atoms with E-state index < -0.39 is 0 Å². The Morgan fingerprint density at radius 2 is 1.71 bits per heavy atom. The van der Waals surface area contributed by atoms with Crippen molar-refractivity contribution in [1.82, 2.24) is 4.90 Å². The lowest BCUT2D eigenvalue weighted by atomic mass is 10.1. The Morgan fingerprint density at radius 1 is 1.21 bits per heavy atom. The molecule has 2 unspecified atom stereocenters. The van der Waals surface area contributed by atoms with E-state index in [2.05, 4.69) is 6.92 Å². The van der Waals surface area contributed by atoms with Gasteiger partial charge in [-0.25, -0.2) is 0 Å². The molecular weight excluding hydrogens is 178 g/mol. The molecule has 0 spiro atoms. The summed E-state index contributed by atoms with van der Waals surface area (Å²) in [5, 5.41) is 0. The third kappa shape index (κ3) is 3.13. The smallest absolute Gasteiger partial charge is 0.220 e. The lowest BCUT2D eigenvalue weighted by Gasteiger charge is -2.20. The van der Waals surface area contributed by atoms with Gasteiger partial charge in [0.1, 0.15) is 0 Å². The lowest BCUT2D eigenvalue weighted by molar-refractivity contribution is -0.135. The van der Waals surface area contributed by atoms with Gasteiger partial charge in [0.2, 0.25) is 5.91 Å². The van der Waals surface area contributed by atoms with Crippen molar-refractivity contribution in [3.05, 3.63) is 0 Å². The van der Waals surface area contributed by atoms with Crippen LogP contribution in [0.15, 0.2) is 0 Å². The largest absolute Gasteiger partial charge is 0.333 e. The number of nitrogens with zero attached hydrogens (tertiary/aromatic N) is 1. The molecule has 0 bridgehead atoms. The molecule has 0 aromatic heterocycles. The summed E-state index contributed by atoms with van der Waals surface area (Å²) in [4.78, 5) is 23.9. The van der Waals surface area contributed by atoms with Crippen LogP contribution in [0.2, 0.25) is 0 Å². The zero-order chi connectivity index (χ0) is 11.3. The molecule has 2 atom stereocenters. The molecule has 1 aliphatic rings. The van der Waals surface area contributed by atoms with Crippen molar-refractivity contribution in [3.63, 3.8) is 0 Å². The molecule has 0 N–H and O–H groups in total. The van der Waals surface area contributed by atoms with E-state index in [1.807, 2.05) is 13.8 Å². The van der Waals surface area contributed by atoms with E-state index >= 15 is 0 Å². The predicted molar refractivity (Wildman–Crippen MR) is 57.0 cm³/mol. The van der Waals surface area contributed by atoms with Crippen molar-refractivity contribution in [2.75, 3.05) is 6.54 Å². The minimum absolute atomic E-state index is 0.0135. The Balaban J connectivity index is 0.000000791. The zero-order valence-electron chi connectivity index (χ0n) is 9.83. The number of carbonyl (C=O) groups excluding carboxylic acids is 2. The van der Waals surface area contributed by atoms with Crippen LogP contribution in [0.4, 0.5) is 0 Å². The number of ketones is 1. The van der Waals surface area contributed by atoms with Gasteiger partial charge < -0.3 is 4.90 Å². The third-order valence-corrected chi connectivity index (χ3v) is 2.38. The highest BCUT2D eigenvalue weighted by Crippen LogP contribution is 2.23. The Bertz CT molecular complexity index is 191. The number of carbonyl (C=O) groups is 2. The maximum Gasteiger partial charge on any atom is 0.220 e. The highest BCUT2D eigenvalue weighted by atomic mass is 16.2. The van der Waals surface area contributed by atoms with E-state index in [4.69, 9.17) is 0 Å². The van der Waals surface area contributed by atoms with Gasteiger partial charge in [0.15, 0.2) is 5.78 Å². The molecule has 1 heterocycles. The van der Waals surface area contributed by atoms with Crippen molar-refractivity contribution < 1.29 is 9.59 Å². The van der Waals surface area contributed by atoms with Gasteiger partial charge in [0.05, 0.1) is 6.04 Å². The van der Waals surface area contributed by atoms with Crippen LogP contribution < -0.4 is 0 Å². The highest BCUT2D eigenvalue weighted by molar-refractivity contribution is 5.87. The Hall–Kier alpha value is -0.860. The van der Waals surface area contributed by atoms with Gasteiger partial charge in [-0.05, 0) is 19.3 Å². The molecule has 1 saturated heterocycles. The van der Waals surface area contributed by atoms with Gasteiger partial charge >= 0.3 is 0 Å². The average Bonchev–Trinajstić information content (AvgIpc) is 2.51. The van der Waals surface area contributed by atoms with E-state index in [0.29, 0.717) is 5.92 Å². The molecule has 1 fully saturated rings. The van der Waals surface area contributed by atoms with Crippen molar-refractivity contribution in [3.8, 4) is 0 Å². The Morgan fingerprint density at radius 3 is 2.00 bits per heavy atom. The van der Waals surface area contributed by atoms with Crippen LogP contribution in [-0.4, -0.2) is 29.2 Å². The molecule has 0 aromatic rings. The topological polar surface area (TPSA) is 37.4 Å². The summed E-state index contributed by atoms with van der Waals surface area (Å²) in [6, 6.07) is -0.155. The van der Waals surface area contributed by atoms with Crippen LogP contribution in [0.25, 0.3) is 0 Å². The maximum absolute atomic E-state index is 11.1. The fourth-order valence-electron chi connectivity index (χ4n) is 1.78. The molecule has 14 heavy (non-hydrogen) atoms. The number of Topliss-reactive ketones (excluding diaryl/α,β-unsaturated/α-hetero) is 1. The second-order valence-electron chi connectivity index (χ2n) is 3.64. The lowest BCUT2D eigenvalue weighted by Crippen LogP contribution is -2.38.